The fraction of sp³-hybridized carbons (Fsp3) is 0.444. The Bertz CT molecular complexity index is 742. The van der Waals surface area contributed by atoms with Gasteiger partial charge in [-0.2, -0.15) is 0 Å². The van der Waals surface area contributed by atoms with E-state index in [9.17, 15) is 4.79 Å². The number of anilines is 1. The van der Waals surface area contributed by atoms with Gasteiger partial charge in [0.15, 0.2) is 0 Å². The van der Waals surface area contributed by atoms with E-state index in [2.05, 4.69) is 26.9 Å². The van der Waals surface area contributed by atoms with Crippen molar-refractivity contribution in [2.75, 3.05) is 24.5 Å². The lowest BCUT2D eigenvalue weighted by atomic mass is 10.1. The molecule has 2 aliphatic heterocycles. The molecule has 2 atom stereocenters. The lowest BCUT2D eigenvalue weighted by Crippen LogP contribution is -2.35. The Morgan fingerprint density at radius 2 is 2.17 bits per heavy atom. The van der Waals surface area contributed by atoms with Crippen molar-refractivity contribution >= 4 is 5.82 Å². The Hall–Kier alpha value is -2.14. The van der Waals surface area contributed by atoms with Crippen molar-refractivity contribution < 1.29 is 0 Å². The summed E-state index contributed by atoms with van der Waals surface area (Å²) in [6.07, 6.45) is 4.96. The van der Waals surface area contributed by atoms with Crippen molar-refractivity contribution in [3.05, 3.63) is 58.6 Å². The van der Waals surface area contributed by atoms with Crippen LogP contribution in [0.1, 0.15) is 12.0 Å². The van der Waals surface area contributed by atoms with Crippen LogP contribution < -0.4 is 10.5 Å². The lowest BCUT2D eigenvalue weighted by molar-refractivity contribution is 0.245. The fourth-order valence-corrected chi connectivity index (χ4v) is 3.90. The third kappa shape index (κ3) is 2.77. The van der Waals surface area contributed by atoms with Crippen LogP contribution in [-0.4, -0.2) is 40.1 Å². The summed E-state index contributed by atoms with van der Waals surface area (Å²) >= 11 is 0. The van der Waals surface area contributed by atoms with E-state index < -0.39 is 0 Å². The number of aromatic nitrogens is 2. The van der Waals surface area contributed by atoms with Crippen molar-refractivity contribution in [2.24, 2.45) is 13.0 Å². The summed E-state index contributed by atoms with van der Waals surface area (Å²) in [7, 11) is 1.79. The summed E-state index contributed by atoms with van der Waals surface area (Å²) < 4.78 is 1.62. The fourth-order valence-electron chi connectivity index (χ4n) is 3.90. The summed E-state index contributed by atoms with van der Waals surface area (Å²) in [6.45, 7) is 4.12. The minimum atomic E-state index is 0.0692. The van der Waals surface area contributed by atoms with E-state index in [1.807, 2.05) is 24.5 Å². The average molecular weight is 310 g/mol. The first-order valence-corrected chi connectivity index (χ1v) is 8.26. The number of likely N-dealkylation sites (tertiary alicyclic amines) is 1. The number of fused-ring (bicyclic) bond motifs is 1. The van der Waals surface area contributed by atoms with Crippen LogP contribution in [0.5, 0.6) is 0 Å². The van der Waals surface area contributed by atoms with Crippen LogP contribution in [0.4, 0.5) is 5.82 Å². The molecule has 4 heterocycles. The molecule has 0 amide bonds. The smallest absolute Gasteiger partial charge is 0.250 e. The molecule has 0 N–H and O–H groups in total. The van der Waals surface area contributed by atoms with E-state index in [1.165, 1.54) is 6.42 Å². The van der Waals surface area contributed by atoms with Crippen LogP contribution in [0.2, 0.25) is 0 Å². The Morgan fingerprint density at radius 1 is 1.26 bits per heavy atom. The topological polar surface area (TPSA) is 41.4 Å². The zero-order valence-electron chi connectivity index (χ0n) is 13.4. The first-order chi connectivity index (χ1) is 11.2. The van der Waals surface area contributed by atoms with Gasteiger partial charge < -0.3 is 9.47 Å². The van der Waals surface area contributed by atoms with Gasteiger partial charge in [-0.3, -0.25) is 9.69 Å². The predicted molar refractivity (Wildman–Crippen MR) is 90.4 cm³/mol. The number of hydrogen-bond acceptors (Lipinski definition) is 4. The predicted octanol–water partition coefficient (Wildman–Crippen LogP) is 1.49. The van der Waals surface area contributed by atoms with Crippen molar-refractivity contribution in [3.8, 4) is 0 Å². The molecule has 0 radical (unpaired) electrons. The molecule has 0 bridgehead atoms. The van der Waals surface area contributed by atoms with E-state index in [-0.39, 0.29) is 5.56 Å². The highest BCUT2D eigenvalue weighted by molar-refractivity contribution is 5.40. The maximum absolute atomic E-state index is 11.8. The van der Waals surface area contributed by atoms with Crippen molar-refractivity contribution in [3.63, 3.8) is 0 Å². The molecule has 2 aromatic heterocycles. The van der Waals surface area contributed by atoms with Crippen molar-refractivity contribution in [1.29, 1.82) is 0 Å². The molecule has 2 fully saturated rings. The standard InChI is InChI=1S/C18H22N4O/c1-20-8-5-14(10-18(20)23)11-21-9-6-15-12-22(13-16(15)21)17-4-2-3-7-19-17/h2-5,7-8,10,15-16H,6,9,11-13H2,1H3. The monoisotopic (exact) mass is 310 g/mol. The van der Waals surface area contributed by atoms with E-state index in [0.29, 0.717) is 12.0 Å². The van der Waals surface area contributed by atoms with E-state index in [4.69, 9.17) is 0 Å². The molecule has 120 valence electrons. The Morgan fingerprint density at radius 3 is 2.96 bits per heavy atom. The van der Waals surface area contributed by atoms with Gasteiger partial charge in [-0.1, -0.05) is 6.07 Å². The molecule has 5 heteroatoms. The summed E-state index contributed by atoms with van der Waals surface area (Å²) in [5, 5.41) is 0. The average Bonchev–Trinajstić information content (AvgIpc) is 3.14. The van der Waals surface area contributed by atoms with Gasteiger partial charge in [0, 0.05) is 51.2 Å². The number of hydrogen-bond donors (Lipinski definition) is 0. The van der Waals surface area contributed by atoms with E-state index >= 15 is 0 Å². The number of aryl methyl sites for hydroxylation is 1. The number of pyridine rings is 2. The SMILES string of the molecule is Cn1ccc(CN2CCC3CN(c4ccccn4)CC32)cc1=O. The third-order valence-corrected chi connectivity index (χ3v) is 5.19. The first-order valence-electron chi connectivity index (χ1n) is 8.26. The quantitative estimate of drug-likeness (QED) is 0.861. The highest BCUT2D eigenvalue weighted by Crippen LogP contribution is 2.34. The second-order valence-electron chi connectivity index (χ2n) is 6.66. The minimum Gasteiger partial charge on any atom is -0.355 e. The molecule has 23 heavy (non-hydrogen) atoms. The Labute approximate surface area is 136 Å². The summed E-state index contributed by atoms with van der Waals surface area (Å²) in [4.78, 5) is 21.2. The van der Waals surface area contributed by atoms with Crippen LogP contribution in [0.3, 0.4) is 0 Å². The second-order valence-corrected chi connectivity index (χ2v) is 6.66. The maximum atomic E-state index is 11.8. The molecule has 4 rings (SSSR count). The van der Waals surface area contributed by atoms with Crippen LogP contribution in [-0.2, 0) is 13.6 Å². The van der Waals surface area contributed by atoms with Gasteiger partial charge in [0.05, 0.1) is 0 Å². The zero-order valence-corrected chi connectivity index (χ0v) is 13.4. The molecule has 0 aliphatic carbocycles. The molecule has 2 aromatic rings. The third-order valence-electron chi connectivity index (χ3n) is 5.19. The summed E-state index contributed by atoms with van der Waals surface area (Å²) in [5.74, 6) is 1.79. The van der Waals surface area contributed by atoms with Crippen molar-refractivity contribution in [1.82, 2.24) is 14.5 Å². The maximum Gasteiger partial charge on any atom is 0.250 e. The molecular formula is C18H22N4O. The molecule has 5 nitrogen and oxygen atoms in total. The van der Waals surface area contributed by atoms with Crippen LogP contribution in [0.25, 0.3) is 0 Å². The van der Waals surface area contributed by atoms with Gasteiger partial charge in [0.25, 0.3) is 5.56 Å². The molecule has 2 unspecified atom stereocenters. The summed E-state index contributed by atoms with van der Waals surface area (Å²) in [6, 6.07) is 10.5. The van der Waals surface area contributed by atoms with Crippen LogP contribution in [0.15, 0.2) is 47.5 Å². The molecule has 2 aliphatic rings. The molecule has 0 aromatic carbocycles. The molecule has 2 saturated heterocycles. The first kappa shape index (κ1) is 14.5. The highest BCUT2D eigenvalue weighted by Gasteiger charge is 2.41. The van der Waals surface area contributed by atoms with Gasteiger partial charge in [0.1, 0.15) is 5.82 Å². The highest BCUT2D eigenvalue weighted by atomic mass is 16.1. The Kier molecular flexibility index (Phi) is 3.65. The van der Waals surface area contributed by atoms with Crippen molar-refractivity contribution in [2.45, 2.75) is 19.0 Å². The Balaban J connectivity index is 1.47. The lowest BCUT2D eigenvalue weighted by Gasteiger charge is -2.25. The van der Waals surface area contributed by atoms with Gasteiger partial charge in [-0.05, 0) is 42.6 Å². The molecular weight excluding hydrogens is 288 g/mol. The van der Waals surface area contributed by atoms with Crippen LogP contribution >= 0.6 is 0 Å². The summed E-state index contributed by atoms with van der Waals surface area (Å²) in [5.41, 5.74) is 1.19. The van der Waals surface area contributed by atoms with Gasteiger partial charge >= 0.3 is 0 Å². The minimum absolute atomic E-state index is 0.0692. The van der Waals surface area contributed by atoms with E-state index in [1.54, 1.807) is 17.7 Å². The second kappa shape index (κ2) is 5.81. The zero-order chi connectivity index (χ0) is 15.8. The van der Waals surface area contributed by atoms with Crippen LogP contribution in [0, 0.1) is 5.92 Å². The molecule has 0 spiro atoms. The van der Waals surface area contributed by atoms with Gasteiger partial charge in [-0.25, -0.2) is 4.98 Å². The largest absolute Gasteiger partial charge is 0.355 e. The van der Waals surface area contributed by atoms with E-state index in [0.717, 1.165) is 37.6 Å². The van der Waals surface area contributed by atoms with Gasteiger partial charge in [0.2, 0.25) is 0 Å². The number of nitrogens with zero attached hydrogens (tertiary/aromatic N) is 4. The number of rotatable bonds is 3. The van der Waals surface area contributed by atoms with Gasteiger partial charge in [-0.15, -0.1) is 0 Å². The molecule has 0 saturated carbocycles. The normalized spacial score (nSPS) is 24.1.